The minimum absolute atomic E-state index is 0.227. The molecule has 1 amide bonds. The Morgan fingerprint density at radius 2 is 0.753 bits per heavy atom. The Morgan fingerprint density at radius 3 is 1.18 bits per heavy atom. The monoisotopic (exact) mass is 1270 g/mol. The van der Waals surface area contributed by atoms with Gasteiger partial charge in [-0.1, -0.05) is 256 Å². The average Bonchev–Trinajstić information content (AvgIpc) is 2.35. The molecule has 0 spiro atoms. The van der Waals surface area contributed by atoms with Crippen molar-refractivity contribution in [2.75, 3.05) is 26.4 Å². The van der Waals surface area contributed by atoms with E-state index >= 15 is 0 Å². The molecule has 3 aliphatic heterocycles. The number of aliphatic hydroxyl groups excluding tert-OH is 11. The lowest BCUT2D eigenvalue weighted by Gasteiger charge is -2.48. The molecule has 19 heteroatoms. The third-order valence-corrected chi connectivity index (χ3v) is 17.9. The number of rotatable bonds is 55. The number of allylic oxidation sites excluding steroid dienone is 5. The Hall–Kier alpha value is -1.99. The second-order valence-electron chi connectivity index (χ2n) is 25.7. The van der Waals surface area contributed by atoms with Gasteiger partial charge in [-0.15, -0.1) is 0 Å². The number of aliphatic hydroxyl groups is 11. The lowest BCUT2D eigenvalue weighted by molar-refractivity contribution is -0.379. The van der Waals surface area contributed by atoms with Gasteiger partial charge in [-0.25, -0.2) is 0 Å². The van der Waals surface area contributed by atoms with Crippen molar-refractivity contribution in [1.82, 2.24) is 5.32 Å². The van der Waals surface area contributed by atoms with Crippen LogP contribution in [0.5, 0.6) is 0 Å². The molecule has 19 nitrogen and oxygen atoms in total. The summed E-state index contributed by atoms with van der Waals surface area (Å²) in [6, 6.07) is -0.981. The maximum absolute atomic E-state index is 13.4. The first kappa shape index (κ1) is 81.2. The number of carbonyl (C=O) groups excluding carboxylic acids is 1. The summed E-state index contributed by atoms with van der Waals surface area (Å²) < 4.78 is 34.3. The first-order valence-corrected chi connectivity index (χ1v) is 35.7. The number of carbonyl (C=O) groups is 1. The molecular formula is C70H129NO18. The third kappa shape index (κ3) is 34.3. The van der Waals surface area contributed by atoms with E-state index in [0.29, 0.717) is 6.42 Å². The molecule has 89 heavy (non-hydrogen) atoms. The van der Waals surface area contributed by atoms with Crippen molar-refractivity contribution >= 4 is 5.91 Å². The van der Waals surface area contributed by atoms with Crippen molar-refractivity contribution in [2.45, 2.75) is 375 Å². The predicted octanol–water partition coefficient (Wildman–Crippen LogP) is 9.61. The van der Waals surface area contributed by atoms with Crippen LogP contribution >= 0.6 is 0 Å². The molecule has 0 aromatic heterocycles. The maximum atomic E-state index is 13.4. The van der Waals surface area contributed by atoms with Crippen molar-refractivity contribution in [3.8, 4) is 0 Å². The molecule has 3 aliphatic rings. The molecule has 522 valence electrons. The summed E-state index contributed by atoms with van der Waals surface area (Å²) in [6.45, 7) is 1.70. The molecule has 0 saturated carbocycles. The normalized spacial score (nSPS) is 28.4. The van der Waals surface area contributed by atoms with Gasteiger partial charge in [-0.2, -0.15) is 0 Å². The highest BCUT2D eigenvalue weighted by molar-refractivity contribution is 5.76. The van der Waals surface area contributed by atoms with Gasteiger partial charge in [0.05, 0.1) is 38.6 Å². The SMILES string of the molecule is CCCC/C=C\C/C=C\CCCCCCCC(=O)NC(COC1OC(CO)C(OC2OC(CO)C(OC3OC(CO)C(O)C(O)C3O)C(O)C2O)C(O)C1O)C(O)/C=C/CCCCCCCCCCCCCCCCCCCCCCCCCCCCCC. The van der Waals surface area contributed by atoms with E-state index in [4.69, 9.17) is 28.4 Å². The number of hydrogen-bond acceptors (Lipinski definition) is 18. The van der Waals surface area contributed by atoms with Crippen LogP contribution in [0.2, 0.25) is 0 Å². The highest BCUT2D eigenvalue weighted by Crippen LogP contribution is 2.33. The largest absolute Gasteiger partial charge is 0.394 e. The molecule has 17 unspecified atom stereocenters. The average molecular weight is 1270 g/mol. The summed E-state index contributed by atoms with van der Waals surface area (Å²) in [5, 5.41) is 120. The fourth-order valence-electron chi connectivity index (χ4n) is 12.1. The first-order chi connectivity index (χ1) is 43.3. The lowest BCUT2D eigenvalue weighted by atomic mass is 9.96. The van der Waals surface area contributed by atoms with Crippen molar-refractivity contribution in [3.63, 3.8) is 0 Å². The van der Waals surface area contributed by atoms with Crippen molar-refractivity contribution in [2.24, 2.45) is 0 Å². The summed E-state index contributed by atoms with van der Waals surface area (Å²) in [7, 11) is 0. The molecule has 0 radical (unpaired) electrons. The van der Waals surface area contributed by atoms with Crippen LogP contribution in [-0.4, -0.2) is 193 Å². The van der Waals surface area contributed by atoms with Gasteiger partial charge in [-0.3, -0.25) is 4.79 Å². The number of amides is 1. The van der Waals surface area contributed by atoms with E-state index in [-0.39, 0.29) is 18.9 Å². The van der Waals surface area contributed by atoms with E-state index in [2.05, 4.69) is 43.5 Å². The van der Waals surface area contributed by atoms with Gasteiger partial charge in [0, 0.05) is 6.42 Å². The zero-order valence-corrected chi connectivity index (χ0v) is 55.2. The third-order valence-electron chi connectivity index (χ3n) is 17.9. The summed E-state index contributed by atoms with van der Waals surface area (Å²) in [6.07, 6.45) is 34.3. The van der Waals surface area contributed by atoms with Gasteiger partial charge in [0.25, 0.3) is 0 Å². The summed E-state index contributed by atoms with van der Waals surface area (Å²) in [5.74, 6) is -0.288. The fraction of sp³-hybridized carbons (Fsp3) is 0.900. The smallest absolute Gasteiger partial charge is 0.220 e. The zero-order chi connectivity index (χ0) is 64.7. The second kappa shape index (κ2) is 52.3. The molecule has 3 rings (SSSR count). The van der Waals surface area contributed by atoms with Gasteiger partial charge < -0.3 is 89.9 Å². The van der Waals surface area contributed by atoms with E-state index < -0.39 is 124 Å². The number of nitrogens with one attached hydrogen (secondary N) is 1. The molecule has 3 heterocycles. The Balaban J connectivity index is 1.39. The molecule has 0 bridgehead atoms. The van der Waals surface area contributed by atoms with Crippen LogP contribution in [0.4, 0.5) is 0 Å². The van der Waals surface area contributed by atoms with Gasteiger partial charge in [0.2, 0.25) is 5.91 Å². The molecule has 3 fully saturated rings. The molecule has 3 saturated heterocycles. The molecule has 0 aliphatic carbocycles. The van der Waals surface area contributed by atoms with E-state index in [9.17, 15) is 61.0 Å². The number of ether oxygens (including phenoxy) is 6. The molecule has 12 N–H and O–H groups in total. The lowest BCUT2D eigenvalue weighted by Crippen LogP contribution is -2.66. The highest BCUT2D eigenvalue weighted by atomic mass is 16.8. The van der Waals surface area contributed by atoms with Crippen LogP contribution in [0, 0.1) is 0 Å². The minimum Gasteiger partial charge on any atom is -0.394 e. The summed E-state index contributed by atoms with van der Waals surface area (Å²) >= 11 is 0. The van der Waals surface area contributed by atoms with E-state index in [0.717, 1.165) is 70.6 Å². The van der Waals surface area contributed by atoms with Crippen LogP contribution in [0.15, 0.2) is 36.5 Å². The van der Waals surface area contributed by atoms with Crippen molar-refractivity contribution in [3.05, 3.63) is 36.5 Å². The Kier molecular flexibility index (Phi) is 47.7. The predicted molar refractivity (Wildman–Crippen MR) is 346 cm³/mol. The summed E-state index contributed by atoms with van der Waals surface area (Å²) in [4.78, 5) is 13.4. The Labute approximate surface area is 536 Å². The molecule has 17 atom stereocenters. The van der Waals surface area contributed by atoms with Crippen LogP contribution < -0.4 is 5.32 Å². The van der Waals surface area contributed by atoms with Gasteiger partial charge in [0.15, 0.2) is 18.9 Å². The standard InChI is InChI=1S/C70H129NO18/c1-3-5-7-9-11-13-15-17-19-20-21-22-23-24-25-26-27-28-29-30-31-32-33-34-35-37-39-41-43-45-47-54(75)53(71-58(76)48-46-44-42-40-38-36-18-16-14-12-10-8-6-4-2)52-84-68-64(82)61(79)66(56(50-73)86-68)89-70-65(83)62(80)67(57(51-74)87-70)88-69-63(81)60(78)59(77)55(49-72)85-69/h10,12,16,18,45,47,53-57,59-70,72-75,77-83H,3-9,11,13-15,17,19-44,46,48-52H2,1-2H3,(H,71,76)/b12-10-,18-16-,47-45+. The van der Waals surface area contributed by atoms with Gasteiger partial charge in [0.1, 0.15) is 73.2 Å². The molecular weight excluding hydrogens is 1140 g/mol. The molecule has 0 aromatic carbocycles. The first-order valence-electron chi connectivity index (χ1n) is 35.7. The van der Waals surface area contributed by atoms with Crippen molar-refractivity contribution in [1.29, 1.82) is 0 Å². The number of hydrogen-bond donors (Lipinski definition) is 12. The topological polar surface area (TPSA) is 307 Å². The van der Waals surface area contributed by atoms with E-state index in [1.807, 2.05) is 6.08 Å². The Bertz CT molecular complexity index is 1760. The minimum atomic E-state index is -1.98. The number of unbranched alkanes of at least 4 members (excludes halogenated alkanes) is 35. The zero-order valence-electron chi connectivity index (χ0n) is 55.2. The van der Waals surface area contributed by atoms with Crippen molar-refractivity contribution < 1.29 is 89.4 Å². The summed E-state index contributed by atoms with van der Waals surface area (Å²) in [5.41, 5.74) is 0. The molecule has 0 aromatic rings. The quantitative estimate of drug-likeness (QED) is 0.0199. The Morgan fingerprint density at radius 1 is 0.404 bits per heavy atom. The van der Waals surface area contributed by atoms with E-state index in [1.165, 1.54) is 173 Å². The van der Waals surface area contributed by atoms with Crippen LogP contribution in [0.1, 0.15) is 271 Å². The highest BCUT2D eigenvalue weighted by Gasteiger charge is 2.53. The van der Waals surface area contributed by atoms with Crippen LogP contribution in [0.25, 0.3) is 0 Å². The van der Waals surface area contributed by atoms with Crippen LogP contribution in [-0.2, 0) is 33.2 Å². The van der Waals surface area contributed by atoms with Gasteiger partial charge >= 0.3 is 0 Å². The maximum Gasteiger partial charge on any atom is 0.220 e. The van der Waals surface area contributed by atoms with E-state index in [1.54, 1.807) is 6.08 Å². The van der Waals surface area contributed by atoms with Gasteiger partial charge in [-0.05, 0) is 44.9 Å². The second-order valence-corrected chi connectivity index (χ2v) is 25.7. The van der Waals surface area contributed by atoms with Crippen LogP contribution in [0.3, 0.4) is 0 Å². The fourth-order valence-corrected chi connectivity index (χ4v) is 12.1.